The van der Waals surface area contributed by atoms with Crippen LogP contribution in [0.5, 0.6) is 0 Å². The molecule has 2 heterocycles. The number of nitrogens with one attached hydrogen (secondary N) is 1. The van der Waals surface area contributed by atoms with Crippen LogP contribution in [0, 0.1) is 0 Å². The Hall–Kier alpha value is -2.18. The van der Waals surface area contributed by atoms with Crippen molar-refractivity contribution in [3.05, 3.63) is 52.1 Å². The average Bonchev–Trinajstić information content (AvgIpc) is 3.22. The number of thiazole rings is 1. The van der Waals surface area contributed by atoms with Crippen molar-refractivity contribution in [3.8, 4) is 0 Å². The maximum Gasteiger partial charge on any atom is 0.254 e. The normalized spacial score (nSPS) is 12.5. The summed E-state index contributed by atoms with van der Waals surface area (Å²) in [5.74, 6) is -0.0149. The minimum absolute atomic E-state index is 0.00922. The van der Waals surface area contributed by atoms with Gasteiger partial charge in [-0.2, -0.15) is 0 Å². The summed E-state index contributed by atoms with van der Waals surface area (Å²) in [6.07, 6.45) is 1.86. The Labute approximate surface area is 145 Å². The van der Waals surface area contributed by atoms with Gasteiger partial charge in [0.2, 0.25) is 0 Å². The molecule has 0 aliphatic carbocycles. The van der Waals surface area contributed by atoms with Crippen LogP contribution in [-0.2, 0) is 11.3 Å². The summed E-state index contributed by atoms with van der Waals surface area (Å²) < 4.78 is 5.56. The molecule has 3 rings (SSSR count). The average molecular weight is 343 g/mol. The quantitative estimate of drug-likeness (QED) is 0.736. The number of rotatable bonds is 6. The van der Waals surface area contributed by atoms with E-state index in [-0.39, 0.29) is 12.0 Å². The summed E-state index contributed by atoms with van der Waals surface area (Å²) in [5, 5.41) is 4.03. The molecule has 24 heavy (non-hydrogen) atoms. The van der Waals surface area contributed by atoms with Gasteiger partial charge in [0.15, 0.2) is 0 Å². The van der Waals surface area contributed by atoms with Crippen molar-refractivity contribution in [1.29, 1.82) is 0 Å². The van der Waals surface area contributed by atoms with Gasteiger partial charge in [0.25, 0.3) is 5.91 Å². The van der Waals surface area contributed by atoms with Crippen LogP contribution in [0.3, 0.4) is 0 Å². The van der Waals surface area contributed by atoms with Crippen LogP contribution in [0.1, 0.15) is 41.0 Å². The number of ether oxygens (including phenoxy) is 1. The number of amides is 1. The third-order valence-corrected chi connectivity index (χ3v) is 4.94. The Morgan fingerprint density at radius 2 is 2.25 bits per heavy atom. The standard InChI is InChI=1S/C18H21N3O2S/c1-4-23-12(2)17-20-15(11-24-17)10-21(3)18(22)14-6-5-13-7-8-19-16(13)9-14/h5-9,11-12,19H,4,10H2,1-3H3/t12-/m1/s1. The molecule has 0 spiro atoms. The van der Waals surface area contributed by atoms with Crippen LogP contribution in [0.4, 0.5) is 0 Å². The number of aromatic nitrogens is 2. The number of H-pyrrole nitrogens is 1. The van der Waals surface area contributed by atoms with E-state index in [4.69, 9.17) is 4.74 Å². The van der Waals surface area contributed by atoms with Crippen molar-refractivity contribution in [2.75, 3.05) is 13.7 Å². The lowest BCUT2D eigenvalue weighted by Crippen LogP contribution is -2.26. The predicted molar refractivity (Wildman–Crippen MR) is 96.3 cm³/mol. The Kier molecular flexibility index (Phi) is 4.97. The highest BCUT2D eigenvalue weighted by molar-refractivity contribution is 7.09. The second kappa shape index (κ2) is 7.15. The van der Waals surface area contributed by atoms with E-state index in [0.29, 0.717) is 18.7 Å². The molecule has 1 N–H and O–H groups in total. The summed E-state index contributed by atoms with van der Waals surface area (Å²) in [5.41, 5.74) is 2.53. The van der Waals surface area contributed by atoms with E-state index in [9.17, 15) is 4.79 Å². The first-order valence-electron chi connectivity index (χ1n) is 7.97. The predicted octanol–water partition coefficient (Wildman–Crippen LogP) is 3.99. The van der Waals surface area contributed by atoms with Crippen molar-refractivity contribution in [2.24, 2.45) is 0 Å². The second-order valence-corrected chi connectivity index (χ2v) is 6.61. The summed E-state index contributed by atoms with van der Waals surface area (Å²) in [4.78, 5) is 22.0. The lowest BCUT2D eigenvalue weighted by atomic mass is 10.1. The zero-order valence-electron chi connectivity index (χ0n) is 14.1. The van der Waals surface area contributed by atoms with E-state index in [1.165, 1.54) is 0 Å². The first-order valence-corrected chi connectivity index (χ1v) is 8.85. The molecule has 0 bridgehead atoms. The fourth-order valence-electron chi connectivity index (χ4n) is 2.62. The van der Waals surface area contributed by atoms with E-state index in [1.54, 1.807) is 23.3 Å². The molecule has 0 fully saturated rings. The van der Waals surface area contributed by atoms with Crippen LogP contribution in [0.2, 0.25) is 0 Å². The fourth-order valence-corrected chi connectivity index (χ4v) is 3.43. The van der Waals surface area contributed by atoms with Crippen molar-refractivity contribution < 1.29 is 9.53 Å². The maximum absolute atomic E-state index is 12.6. The highest BCUT2D eigenvalue weighted by atomic mass is 32.1. The number of fused-ring (bicyclic) bond motifs is 1. The van der Waals surface area contributed by atoms with Crippen LogP contribution in [0.15, 0.2) is 35.8 Å². The van der Waals surface area contributed by atoms with Crippen molar-refractivity contribution in [3.63, 3.8) is 0 Å². The molecule has 126 valence electrons. The molecule has 0 aliphatic heterocycles. The molecule has 2 aromatic heterocycles. The molecule has 0 radical (unpaired) electrons. The molecule has 3 aromatic rings. The molecule has 0 aliphatic rings. The Balaban J connectivity index is 1.69. The van der Waals surface area contributed by atoms with Gasteiger partial charge in [0, 0.05) is 36.3 Å². The minimum Gasteiger partial charge on any atom is -0.372 e. The number of hydrogen-bond donors (Lipinski definition) is 1. The Bertz CT molecular complexity index is 840. The van der Waals surface area contributed by atoms with E-state index < -0.39 is 0 Å². The van der Waals surface area contributed by atoms with Crippen molar-refractivity contribution in [2.45, 2.75) is 26.5 Å². The lowest BCUT2D eigenvalue weighted by molar-refractivity contribution is 0.0756. The van der Waals surface area contributed by atoms with Gasteiger partial charge in [0.1, 0.15) is 11.1 Å². The zero-order valence-corrected chi connectivity index (χ0v) is 14.9. The minimum atomic E-state index is -0.0149. The molecule has 1 aromatic carbocycles. The van der Waals surface area contributed by atoms with Crippen molar-refractivity contribution in [1.82, 2.24) is 14.9 Å². The molecule has 0 saturated heterocycles. The van der Waals surface area contributed by atoms with Gasteiger partial charge < -0.3 is 14.6 Å². The van der Waals surface area contributed by atoms with E-state index in [1.807, 2.05) is 49.7 Å². The van der Waals surface area contributed by atoms with Gasteiger partial charge in [0.05, 0.1) is 12.2 Å². The fraction of sp³-hybridized carbons (Fsp3) is 0.333. The SMILES string of the molecule is CCO[C@H](C)c1nc(CN(C)C(=O)c2ccc3cc[nH]c3c2)cs1. The topological polar surface area (TPSA) is 58.2 Å². The number of carbonyl (C=O) groups is 1. The summed E-state index contributed by atoms with van der Waals surface area (Å²) in [7, 11) is 1.80. The third kappa shape index (κ3) is 3.49. The Morgan fingerprint density at radius 1 is 1.42 bits per heavy atom. The second-order valence-electron chi connectivity index (χ2n) is 5.72. The van der Waals surface area contributed by atoms with Crippen LogP contribution in [-0.4, -0.2) is 34.4 Å². The maximum atomic E-state index is 12.6. The molecule has 6 heteroatoms. The molecular formula is C18H21N3O2S. The number of hydrogen-bond acceptors (Lipinski definition) is 4. The van der Waals surface area contributed by atoms with Gasteiger partial charge in [-0.25, -0.2) is 4.98 Å². The molecule has 5 nitrogen and oxygen atoms in total. The third-order valence-electron chi connectivity index (χ3n) is 3.88. The summed E-state index contributed by atoms with van der Waals surface area (Å²) >= 11 is 1.57. The van der Waals surface area contributed by atoms with Crippen LogP contribution in [0.25, 0.3) is 10.9 Å². The molecule has 1 amide bonds. The monoisotopic (exact) mass is 343 g/mol. The van der Waals surface area contributed by atoms with Gasteiger partial charge in [-0.3, -0.25) is 4.79 Å². The van der Waals surface area contributed by atoms with Gasteiger partial charge in [-0.05, 0) is 37.4 Å². The highest BCUT2D eigenvalue weighted by Gasteiger charge is 2.16. The first-order chi connectivity index (χ1) is 11.6. The number of carbonyl (C=O) groups excluding carboxylic acids is 1. The van der Waals surface area contributed by atoms with Crippen molar-refractivity contribution >= 4 is 28.1 Å². The zero-order chi connectivity index (χ0) is 17.1. The van der Waals surface area contributed by atoms with Crippen LogP contribution < -0.4 is 0 Å². The summed E-state index contributed by atoms with van der Waals surface area (Å²) in [6.45, 7) is 5.11. The highest BCUT2D eigenvalue weighted by Crippen LogP contribution is 2.22. The van der Waals surface area contributed by atoms with E-state index in [0.717, 1.165) is 21.6 Å². The molecule has 1 atom stereocenters. The van der Waals surface area contributed by atoms with E-state index in [2.05, 4.69) is 9.97 Å². The largest absolute Gasteiger partial charge is 0.372 e. The summed E-state index contributed by atoms with van der Waals surface area (Å²) in [6, 6.07) is 7.69. The number of aromatic amines is 1. The molecule has 0 unspecified atom stereocenters. The van der Waals surface area contributed by atoms with Crippen LogP contribution >= 0.6 is 11.3 Å². The molecule has 0 saturated carbocycles. The number of benzene rings is 1. The first kappa shape index (κ1) is 16.7. The Morgan fingerprint density at radius 3 is 3.04 bits per heavy atom. The number of nitrogens with zero attached hydrogens (tertiary/aromatic N) is 2. The van der Waals surface area contributed by atoms with Gasteiger partial charge in [-0.1, -0.05) is 6.07 Å². The molecular weight excluding hydrogens is 322 g/mol. The van der Waals surface area contributed by atoms with Gasteiger partial charge >= 0.3 is 0 Å². The lowest BCUT2D eigenvalue weighted by Gasteiger charge is -2.16. The van der Waals surface area contributed by atoms with E-state index >= 15 is 0 Å². The smallest absolute Gasteiger partial charge is 0.254 e. The van der Waals surface area contributed by atoms with Gasteiger partial charge in [-0.15, -0.1) is 11.3 Å².